The third-order valence-corrected chi connectivity index (χ3v) is 3.60. The van der Waals surface area contributed by atoms with Crippen molar-refractivity contribution in [1.29, 1.82) is 0 Å². The number of halogens is 1. The van der Waals surface area contributed by atoms with E-state index in [-0.39, 0.29) is 10.8 Å². The summed E-state index contributed by atoms with van der Waals surface area (Å²) >= 11 is 10.6. The van der Waals surface area contributed by atoms with Crippen LogP contribution in [0.5, 0.6) is 0 Å². The molecule has 0 spiro atoms. The third kappa shape index (κ3) is 6.49. The van der Waals surface area contributed by atoms with Gasteiger partial charge >= 0.3 is 0 Å². The second-order valence-corrected chi connectivity index (χ2v) is 5.93. The number of benzene rings is 2. The molecule has 0 fully saturated rings. The second kappa shape index (κ2) is 9.41. The number of nitrogens with one attached hydrogen (secondary N) is 3. The third-order valence-electron chi connectivity index (χ3n) is 3.14. The van der Waals surface area contributed by atoms with E-state index in [0.717, 1.165) is 6.08 Å². The van der Waals surface area contributed by atoms with Gasteiger partial charge in [-0.15, -0.1) is 0 Å². The van der Waals surface area contributed by atoms with E-state index < -0.39 is 16.7 Å². The predicted octanol–water partition coefficient (Wildman–Crippen LogP) is 2.60. The van der Waals surface area contributed by atoms with Gasteiger partial charge in [0.15, 0.2) is 5.11 Å². The van der Waals surface area contributed by atoms with Crippen LogP contribution in [0.1, 0.15) is 15.9 Å². The number of non-ortho nitro benzene ring substituents is 1. The lowest BCUT2D eigenvalue weighted by molar-refractivity contribution is -0.384. The zero-order chi connectivity index (χ0) is 19.8. The van der Waals surface area contributed by atoms with Crippen molar-refractivity contribution in [1.82, 2.24) is 16.2 Å². The van der Waals surface area contributed by atoms with Gasteiger partial charge in [0.1, 0.15) is 0 Å². The SMILES string of the molecule is O=C(/C=C/c1cccc([N+](=O)[O-])c1)NC(=S)NNC(=O)c1ccc(Cl)cc1. The van der Waals surface area contributed by atoms with Gasteiger partial charge in [-0.25, -0.2) is 0 Å². The highest BCUT2D eigenvalue weighted by molar-refractivity contribution is 7.80. The number of hydrogen-bond donors (Lipinski definition) is 3. The van der Waals surface area contributed by atoms with Gasteiger partial charge in [-0.05, 0) is 48.1 Å². The molecule has 0 bridgehead atoms. The molecule has 0 aliphatic rings. The van der Waals surface area contributed by atoms with Crippen molar-refractivity contribution in [3.8, 4) is 0 Å². The molecule has 8 nitrogen and oxygen atoms in total. The molecule has 0 atom stereocenters. The fourth-order valence-electron chi connectivity index (χ4n) is 1.89. The normalized spacial score (nSPS) is 10.3. The number of hydrazine groups is 1. The van der Waals surface area contributed by atoms with Crippen molar-refractivity contribution in [3.05, 3.63) is 80.9 Å². The zero-order valence-electron chi connectivity index (χ0n) is 13.6. The molecule has 0 heterocycles. The molecule has 0 saturated heterocycles. The molecule has 10 heteroatoms. The molecule has 2 aromatic rings. The smallest absolute Gasteiger partial charge is 0.270 e. The first kappa shape index (κ1) is 20.0. The van der Waals surface area contributed by atoms with E-state index in [0.29, 0.717) is 16.1 Å². The van der Waals surface area contributed by atoms with Crippen LogP contribution in [0.3, 0.4) is 0 Å². The first-order valence-corrected chi connectivity index (χ1v) is 8.23. The highest BCUT2D eigenvalue weighted by Crippen LogP contribution is 2.14. The molecular weight excluding hydrogens is 392 g/mol. The van der Waals surface area contributed by atoms with Crippen molar-refractivity contribution in [2.45, 2.75) is 0 Å². The number of rotatable bonds is 4. The maximum absolute atomic E-state index is 11.9. The molecule has 138 valence electrons. The molecule has 27 heavy (non-hydrogen) atoms. The van der Waals surface area contributed by atoms with E-state index in [1.54, 1.807) is 18.2 Å². The summed E-state index contributed by atoms with van der Waals surface area (Å²) in [5.41, 5.74) is 5.47. The fourth-order valence-corrected chi connectivity index (χ4v) is 2.16. The second-order valence-electron chi connectivity index (χ2n) is 5.09. The summed E-state index contributed by atoms with van der Waals surface area (Å²) < 4.78 is 0. The van der Waals surface area contributed by atoms with Crippen LogP contribution >= 0.6 is 23.8 Å². The minimum absolute atomic E-state index is 0.0837. The largest absolute Gasteiger partial charge is 0.298 e. The van der Waals surface area contributed by atoms with Crippen molar-refractivity contribution in [2.75, 3.05) is 0 Å². The van der Waals surface area contributed by atoms with Crippen LogP contribution in [0.4, 0.5) is 5.69 Å². The van der Waals surface area contributed by atoms with E-state index in [4.69, 9.17) is 23.8 Å². The summed E-state index contributed by atoms with van der Waals surface area (Å²) in [6, 6.07) is 12.0. The molecule has 3 N–H and O–H groups in total. The van der Waals surface area contributed by atoms with E-state index in [9.17, 15) is 19.7 Å². The molecule has 0 saturated carbocycles. The van der Waals surface area contributed by atoms with Crippen LogP contribution in [0.15, 0.2) is 54.6 Å². The average molecular weight is 405 g/mol. The summed E-state index contributed by atoms with van der Waals surface area (Å²) in [4.78, 5) is 33.9. The number of amides is 2. The molecule has 0 unspecified atom stereocenters. The van der Waals surface area contributed by atoms with Gasteiger partial charge in [-0.3, -0.25) is 35.9 Å². The molecule has 0 radical (unpaired) electrons. The summed E-state index contributed by atoms with van der Waals surface area (Å²) in [5, 5.41) is 13.4. The van der Waals surface area contributed by atoms with E-state index >= 15 is 0 Å². The number of nitro groups is 1. The van der Waals surface area contributed by atoms with Gasteiger partial charge < -0.3 is 0 Å². The Labute approximate surface area is 164 Å². The van der Waals surface area contributed by atoms with E-state index in [1.807, 2.05) is 0 Å². The number of nitrogens with zero attached hydrogens (tertiary/aromatic N) is 1. The number of carbonyl (C=O) groups is 2. The number of thiocarbonyl (C=S) groups is 1. The number of carbonyl (C=O) groups excluding carboxylic acids is 2. The summed E-state index contributed by atoms with van der Waals surface area (Å²) in [6.07, 6.45) is 2.56. The van der Waals surface area contributed by atoms with Crippen LogP contribution in [-0.2, 0) is 4.79 Å². The Balaban J connectivity index is 1.83. The molecule has 2 amide bonds. The highest BCUT2D eigenvalue weighted by atomic mass is 35.5. The van der Waals surface area contributed by atoms with Crippen LogP contribution in [0, 0.1) is 10.1 Å². The molecular formula is C17H13ClN4O4S. The average Bonchev–Trinajstić information content (AvgIpc) is 2.65. The van der Waals surface area contributed by atoms with Crippen molar-refractivity contribution < 1.29 is 14.5 Å². The van der Waals surface area contributed by atoms with Crippen LogP contribution in [-0.4, -0.2) is 21.9 Å². The summed E-state index contributed by atoms with van der Waals surface area (Å²) in [5.74, 6) is -1.03. The quantitative estimate of drug-likeness (QED) is 0.312. The van der Waals surface area contributed by atoms with Gasteiger partial charge in [0.2, 0.25) is 5.91 Å². The van der Waals surface area contributed by atoms with Gasteiger partial charge in [0, 0.05) is 28.8 Å². The lowest BCUT2D eigenvalue weighted by atomic mass is 10.2. The Bertz CT molecular complexity index is 915. The Morgan fingerprint density at radius 1 is 1.11 bits per heavy atom. The zero-order valence-corrected chi connectivity index (χ0v) is 15.2. The van der Waals surface area contributed by atoms with Gasteiger partial charge in [-0.2, -0.15) is 0 Å². The number of hydrogen-bond acceptors (Lipinski definition) is 5. The van der Waals surface area contributed by atoms with Crippen molar-refractivity contribution in [2.24, 2.45) is 0 Å². The monoisotopic (exact) mass is 404 g/mol. The van der Waals surface area contributed by atoms with E-state index in [1.165, 1.54) is 36.4 Å². The Morgan fingerprint density at radius 3 is 2.48 bits per heavy atom. The van der Waals surface area contributed by atoms with Gasteiger partial charge in [-0.1, -0.05) is 23.7 Å². The highest BCUT2D eigenvalue weighted by Gasteiger charge is 2.07. The van der Waals surface area contributed by atoms with Gasteiger partial charge in [0.25, 0.3) is 11.6 Å². The lowest BCUT2D eigenvalue weighted by Crippen LogP contribution is -2.48. The topological polar surface area (TPSA) is 113 Å². The molecule has 0 aliphatic heterocycles. The van der Waals surface area contributed by atoms with Crippen LogP contribution in [0.2, 0.25) is 5.02 Å². The molecule has 2 rings (SSSR count). The lowest BCUT2D eigenvalue weighted by Gasteiger charge is -2.09. The van der Waals surface area contributed by atoms with Crippen LogP contribution < -0.4 is 16.2 Å². The minimum Gasteiger partial charge on any atom is -0.298 e. The van der Waals surface area contributed by atoms with Crippen molar-refractivity contribution in [3.63, 3.8) is 0 Å². The summed E-state index contributed by atoms with van der Waals surface area (Å²) in [6.45, 7) is 0. The molecule has 2 aromatic carbocycles. The Kier molecular flexibility index (Phi) is 6.98. The van der Waals surface area contributed by atoms with Gasteiger partial charge in [0.05, 0.1) is 4.92 Å². The first-order valence-electron chi connectivity index (χ1n) is 7.44. The Hall–Kier alpha value is -3.30. The molecule has 0 aliphatic carbocycles. The maximum atomic E-state index is 11.9. The first-order chi connectivity index (χ1) is 12.8. The Morgan fingerprint density at radius 2 is 1.81 bits per heavy atom. The minimum atomic E-state index is -0.570. The molecule has 0 aromatic heterocycles. The predicted molar refractivity (Wildman–Crippen MR) is 105 cm³/mol. The van der Waals surface area contributed by atoms with Crippen molar-refractivity contribution >= 4 is 52.5 Å². The summed E-state index contributed by atoms with van der Waals surface area (Å²) in [7, 11) is 0. The van der Waals surface area contributed by atoms with E-state index in [2.05, 4.69) is 16.2 Å². The number of nitro benzene ring substituents is 1. The van der Waals surface area contributed by atoms with Crippen LogP contribution in [0.25, 0.3) is 6.08 Å². The maximum Gasteiger partial charge on any atom is 0.270 e. The standard InChI is InChI=1S/C17H13ClN4O4S/c18-13-7-5-12(6-8-13)16(24)20-21-17(27)19-15(23)9-4-11-2-1-3-14(10-11)22(25)26/h1-10H,(H,20,24)(H2,19,21,23,27)/b9-4+. The fraction of sp³-hybridized carbons (Fsp3) is 0.